The van der Waals surface area contributed by atoms with E-state index in [0.29, 0.717) is 0 Å². The standard InChI is InChI=1S/C15H10N4/c1-2-5-11(6-3-1)19-12-7-4-8-17-14(12)15-13(19)9-16-10-18-15/h1-10H. The van der Waals surface area contributed by atoms with E-state index in [2.05, 4.69) is 37.7 Å². The van der Waals surface area contributed by atoms with Crippen LogP contribution in [0.3, 0.4) is 0 Å². The summed E-state index contributed by atoms with van der Waals surface area (Å²) in [5, 5.41) is 0. The van der Waals surface area contributed by atoms with Crippen molar-refractivity contribution in [2.24, 2.45) is 0 Å². The lowest BCUT2D eigenvalue weighted by Gasteiger charge is -2.05. The molecular weight excluding hydrogens is 236 g/mol. The minimum atomic E-state index is 0.884. The highest BCUT2D eigenvalue weighted by atomic mass is 15.0. The van der Waals surface area contributed by atoms with Crippen molar-refractivity contribution in [3.63, 3.8) is 0 Å². The largest absolute Gasteiger partial charge is 0.305 e. The van der Waals surface area contributed by atoms with Crippen molar-refractivity contribution in [2.45, 2.75) is 0 Å². The van der Waals surface area contributed by atoms with E-state index in [1.165, 1.54) is 0 Å². The van der Waals surface area contributed by atoms with Gasteiger partial charge >= 0.3 is 0 Å². The van der Waals surface area contributed by atoms with Gasteiger partial charge in [0.15, 0.2) is 0 Å². The molecule has 4 heteroatoms. The molecule has 4 aromatic rings. The van der Waals surface area contributed by atoms with Crippen LogP contribution >= 0.6 is 0 Å². The van der Waals surface area contributed by atoms with E-state index in [1.807, 2.05) is 30.5 Å². The normalized spacial score (nSPS) is 11.2. The molecule has 19 heavy (non-hydrogen) atoms. The molecule has 3 heterocycles. The van der Waals surface area contributed by atoms with E-state index in [0.717, 1.165) is 27.8 Å². The van der Waals surface area contributed by atoms with Crippen molar-refractivity contribution < 1.29 is 0 Å². The molecule has 0 saturated heterocycles. The summed E-state index contributed by atoms with van der Waals surface area (Å²) in [5.41, 5.74) is 4.90. The van der Waals surface area contributed by atoms with Gasteiger partial charge in [0.25, 0.3) is 0 Å². The minimum absolute atomic E-state index is 0.884. The predicted octanol–water partition coefficient (Wildman–Crippen LogP) is 2.97. The van der Waals surface area contributed by atoms with Gasteiger partial charge in [0, 0.05) is 11.9 Å². The lowest BCUT2D eigenvalue weighted by Crippen LogP contribution is -1.93. The van der Waals surface area contributed by atoms with Gasteiger partial charge in [-0.05, 0) is 24.3 Å². The molecule has 0 fully saturated rings. The summed E-state index contributed by atoms with van der Waals surface area (Å²) in [6, 6.07) is 14.2. The van der Waals surface area contributed by atoms with E-state index in [4.69, 9.17) is 0 Å². The molecule has 0 radical (unpaired) electrons. The average Bonchev–Trinajstić information content (AvgIpc) is 2.83. The highest BCUT2D eigenvalue weighted by Gasteiger charge is 2.13. The van der Waals surface area contributed by atoms with Crippen molar-refractivity contribution in [3.05, 3.63) is 61.2 Å². The number of hydrogen-bond acceptors (Lipinski definition) is 3. The van der Waals surface area contributed by atoms with Gasteiger partial charge in [-0.2, -0.15) is 0 Å². The van der Waals surface area contributed by atoms with Crippen LogP contribution in [0, 0.1) is 0 Å². The van der Waals surface area contributed by atoms with Crippen LogP contribution in [0.5, 0.6) is 0 Å². The van der Waals surface area contributed by atoms with E-state index < -0.39 is 0 Å². The number of benzene rings is 1. The zero-order valence-corrected chi connectivity index (χ0v) is 10.1. The van der Waals surface area contributed by atoms with Crippen molar-refractivity contribution in [1.29, 1.82) is 0 Å². The Balaban J connectivity index is 2.24. The number of rotatable bonds is 1. The van der Waals surface area contributed by atoms with Gasteiger partial charge in [-0.25, -0.2) is 9.97 Å². The van der Waals surface area contributed by atoms with Gasteiger partial charge in [0.05, 0.1) is 17.2 Å². The quantitative estimate of drug-likeness (QED) is 0.518. The van der Waals surface area contributed by atoms with Crippen molar-refractivity contribution in [3.8, 4) is 5.69 Å². The maximum Gasteiger partial charge on any atom is 0.118 e. The Morgan fingerprint density at radius 2 is 1.63 bits per heavy atom. The van der Waals surface area contributed by atoms with E-state index in [9.17, 15) is 0 Å². The molecule has 3 aromatic heterocycles. The van der Waals surface area contributed by atoms with Crippen molar-refractivity contribution >= 4 is 22.1 Å². The molecule has 90 valence electrons. The summed E-state index contributed by atoms with van der Waals surface area (Å²) in [6.07, 6.45) is 5.18. The van der Waals surface area contributed by atoms with E-state index >= 15 is 0 Å². The Hall–Kier alpha value is -2.75. The summed E-state index contributed by atoms with van der Waals surface area (Å²) in [7, 11) is 0. The van der Waals surface area contributed by atoms with Gasteiger partial charge < -0.3 is 4.57 Å². The minimum Gasteiger partial charge on any atom is -0.305 e. The highest BCUT2D eigenvalue weighted by molar-refractivity contribution is 6.04. The smallest absolute Gasteiger partial charge is 0.118 e. The Labute approximate surface area is 109 Å². The fraction of sp³-hybridized carbons (Fsp3) is 0. The van der Waals surface area contributed by atoms with Crippen LogP contribution in [0.15, 0.2) is 61.2 Å². The maximum atomic E-state index is 4.44. The van der Waals surface area contributed by atoms with Gasteiger partial charge in [-0.15, -0.1) is 0 Å². The van der Waals surface area contributed by atoms with Crippen LogP contribution in [0.2, 0.25) is 0 Å². The monoisotopic (exact) mass is 246 g/mol. The summed E-state index contributed by atoms with van der Waals surface area (Å²) < 4.78 is 2.14. The topological polar surface area (TPSA) is 43.6 Å². The number of fused-ring (bicyclic) bond motifs is 3. The zero-order chi connectivity index (χ0) is 12.7. The van der Waals surface area contributed by atoms with Crippen LogP contribution < -0.4 is 0 Å². The molecule has 0 spiro atoms. The molecule has 0 aliphatic heterocycles. The third kappa shape index (κ3) is 1.43. The Morgan fingerprint density at radius 3 is 2.53 bits per heavy atom. The molecule has 0 unspecified atom stereocenters. The number of para-hydroxylation sites is 1. The average molecular weight is 246 g/mol. The molecule has 0 aliphatic carbocycles. The van der Waals surface area contributed by atoms with Crippen LogP contribution in [0.4, 0.5) is 0 Å². The first kappa shape index (κ1) is 10.2. The predicted molar refractivity (Wildman–Crippen MR) is 74.2 cm³/mol. The van der Waals surface area contributed by atoms with Crippen LogP contribution in [0.1, 0.15) is 0 Å². The molecule has 0 aliphatic rings. The molecule has 0 N–H and O–H groups in total. The number of pyridine rings is 1. The molecule has 0 amide bonds. The van der Waals surface area contributed by atoms with Gasteiger partial charge in [0.2, 0.25) is 0 Å². The zero-order valence-electron chi connectivity index (χ0n) is 10.1. The summed E-state index contributed by atoms with van der Waals surface area (Å²) in [5.74, 6) is 0. The molecule has 0 bridgehead atoms. The van der Waals surface area contributed by atoms with Crippen molar-refractivity contribution in [1.82, 2.24) is 19.5 Å². The first-order chi connectivity index (χ1) is 9.45. The third-order valence-corrected chi connectivity index (χ3v) is 3.20. The Bertz CT molecular complexity index is 812. The molecule has 0 atom stereocenters. The summed E-state index contributed by atoms with van der Waals surface area (Å²) in [6.45, 7) is 0. The van der Waals surface area contributed by atoms with Crippen LogP contribution in [0.25, 0.3) is 27.8 Å². The SMILES string of the molecule is c1ccc(-n2c3cccnc3c3ncncc32)cc1. The van der Waals surface area contributed by atoms with Gasteiger partial charge in [-0.3, -0.25) is 4.98 Å². The number of aromatic nitrogens is 4. The Morgan fingerprint density at radius 1 is 0.789 bits per heavy atom. The van der Waals surface area contributed by atoms with E-state index in [1.54, 1.807) is 12.5 Å². The fourth-order valence-electron chi connectivity index (χ4n) is 2.41. The summed E-state index contributed by atoms with van der Waals surface area (Å²) in [4.78, 5) is 12.9. The molecule has 0 saturated carbocycles. The van der Waals surface area contributed by atoms with Crippen molar-refractivity contribution in [2.75, 3.05) is 0 Å². The second-order valence-corrected chi connectivity index (χ2v) is 4.30. The fourth-order valence-corrected chi connectivity index (χ4v) is 2.41. The molecule has 1 aromatic carbocycles. The van der Waals surface area contributed by atoms with Crippen LogP contribution in [-0.4, -0.2) is 19.5 Å². The van der Waals surface area contributed by atoms with Crippen LogP contribution in [-0.2, 0) is 0 Å². The highest BCUT2D eigenvalue weighted by Crippen LogP contribution is 2.27. The first-order valence-corrected chi connectivity index (χ1v) is 6.06. The molecular formula is C15H10N4. The molecule has 4 rings (SSSR count). The van der Waals surface area contributed by atoms with Gasteiger partial charge in [-0.1, -0.05) is 18.2 Å². The maximum absolute atomic E-state index is 4.44. The first-order valence-electron chi connectivity index (χ1n) is 6.06. The van der Waals surface area contributed by atoms with Gasteiger partial charge in [0.1, 0.15) is 17.4 Å². The second-order valence-electron chi connectivity index (χ2n) is 4.30. The number of nitrogens with zero attached hydrogens (tertiary/aromatic N) is 4. The molecule has 4 nitrogen and oxygen atoms in total. The number of hydrogen-bond donors (Lipinski definition) is 0. The lowest BCUT2D eigenvalue weighted by molar-refractivity contribution is 1.14. The van der Waals surface area contributed by atoms with E-state index in [-0.39, 0.29) is 0 Å². The second kappa shape index (κ2) is 3.88. The third-order valence-electron chi connectivity index (χ3n) is 3.20. The Kier molecular flexibility index (Phi) is 2.08. The summed E-state index contributed by atoms with van der Waals surface area (Å²) >= 11 is 0. The lowest BCUT2D eigenvalue weighted by atomic mass is 10.3.